The number of nitrogens with zero attached hydrogens (tertiary/aromatic N) is 5. The molecule has 10 heteroatoms. The molecule has 2 atom stereocenters. The zero-order valence-corrected chi connectivity index (χ0v) is 23.3. The normalized spacial score (nSPS) is 23.2. The van der Waals surface area contributed by atoms with Crippen molar-refractivity contribution in [3.05, 3.63) is 59.9 Å². The molecule has 2 bridgehead atoms. The first-order valence-electron chi connectivity index (χ1n) is 14.4. The summed E-state index contributed by atoms with van der Waals surface area (Å²) in [7, 11) is 1.54. The van der Waals surface area contributed by atoms with Gasteiger partial charge in [-0.3, -0.25) is 9.78 Å². The second kappa shape index (κ2) is 10.7. The van der Waals surface area contributed by atoms with Gasteiger partial charge in [0.15, 0.2) is 11.3 Å². The van der Waals surface area contributed by atoms with Crippen molar-refractivity contribution in [3.8, 4) is 34.4 Å². The van der Waals surface area contributed by atoms with Crippen LogP contribution in [0.2, 0.25) is 0 Å². The van der Waals surface area contributed by atoms with Crippen LogP contribution in [-0.4, -0.2) is 72.8 Å². The van der Waals surface area contributed by atoms with E-state index >= 15 is 0 Å². The van der Waals surface area contributed by atoms with Crippen molar-refractivity contribution >= 4 is 22.7 Å². The fourth-order valence-corrected chi connectivity index (χ4v) is 6.58. The standard InChI is InChI=1S/C32H31FN6O3/c1-41-28-13-22(32(40)37-26-18-38-9-5-19(26)6-10-38)16-36-30(28)29-14-25-31(42-29)24(4-8-35-25)20-2-3-27(21(12-20)15-34)39-11-7-23(33)17-39/h2-4,8,12-14,16,19,23,26H,5-7,9-11,17-18H2,1H3,(H,37,40)/t23-,26+/m0/s1. The molecule has 0 radical (unpaired) electrons. The van der Waals surface area contributed by atoms with Crippen molar-refractivity contribution < 1.29 is 18.3 Å². The predicted octanol–water partition coefficient (Wildman–Crippen LogP) is 4.81. The molecular formula is C32H31FN6O3. The molecule has 8 rings (SSSR count). The van der Waals surface area contributed by atoms with Gasteiger partial charge < -0.3 is 24.3 Å². The average Bonchev–Trinajstić information content (AvgIpc) is 3.67. The number of aromatic nitrogens is 2. The van der Waals surface area contributed by atoms with E-state index < -0.39 is 6.17 Å². The largest absolute Gasteiger partial charge is 0.494 e. The lowest BCUT2D eigenvalue weighted by atomic mass is 9.84. The van der Waals surface area contributed by atoms with Crippen LogP contribution in [0.4, 0.5) is 10.1 Å². The second-order valence-corrected chi connectivity index (χ2v) is 11.4. The number of alkyl halides is 1. The van der Waals surface area contributed by atoms with E-state index in [0.717, 1.165) is 49.3 Å². The molecule has 4 saturated heterocycles. The zero-order valence-electron chi connectivity index (χ0n) is 23.3. The van der Waals surface area contributed by atoms with Crippen molar-refractivity contribution in [2.75, 3.05) is 44.7 Å². The maximum atomic E-state index is 13.8. The molecule has 0 spiro atoms. The molecule has 42 heavy (non-hydrogen) atoms. The summed E-state index contributed by atoms with van der Waals surface area (Å²) >= 11 is 0. The lowest BCUT2D eigenvalue weighted by molar-refractivity contribution is 0.0620. The molecule has 1 amide bonds. The first kappa shape index (κ1) is 26.4. The number of carbonyl (C=O) groups is 1. The summed E-state index contributed by atoms with van der Waals surface area (Å²) in [6.45, 7) is 4.00. The van der Waals surface area contributed by atoms with Gasteiger partial charge in [-0.25, -0.2) is 9.37 Å². The molecular weight excluding hydrogens is 535 g/mol. The Kier molecular flexibility index (Phi) is 6.75. The van der Waals surface area contributed by atoms with E-state index in [2.05, 4.69) is 26.3 Å². The topological polar surface area (TPSA) is 108 Å². The number of benzene rings is 1. The molecule has 7 heterocycles. The van der Waals surface area contributed by atoms with Crippen LogP contribution in [0.25, 0.3) is 33.7 Å². The number of ether oxygens (including phenoxy) is 1. The fourth-order valence-electron chi connectivity index (χ4n) is 6.58. The minimum absolute atomic E-state index is 0.150. The summed E-state index contributed by atoms with van der Waals surface area (Å²) in [6, 6.07) is 13.3. The van der Waals surface area contributed by atoms with Crippen LogP contribution in [0.15, 0.2) is 53.2 Å². The van der Waals surface area contributed by atoms with Crippen LogP contribution in [0, 0.1) is 17.2 Å². The van der Waals surface area contributed by atoms with Crippen molar-refractivity contribution in [2.45, 2.75) is 31.5 Å². The number of hydrogen-bond acceptors (Lipinski definition) is 8. The van der Waals surface area contributed by atoms with Gasteiger partial charge >= 0.3 is 0 Å². The van der Waals surface area contributed by atoms with Crippen LogP contribution < -0.4 is 15.0 Å². The highest BCUT2D eigenvalue weighted by molar-refractivity contribution is 5.96. The minimum Gasteiger partial charge on any atom is -0.494 e. The first-order chi connectivity index (χ1) is 20.5. The number of piperidine rings is 3. The Morgan fingerprint density at radius 1 is 1.12 bits per heavy atom. The number of halogens is 1. The first-order valence-corrected chi connectivity index (χ1v) is 14.4. The molecule has 1 N–H and O–H groups in total. The molecule has 3 aromatic heterocycles. The number of fused-ring (bicyclic) bond motifs is 4. The maximum Gasteiger partial charge on any atom is 0.253 e. The molecule has 9 nitrogen and oxygen atoms in total. The summed E-state index contributed by atoms with van der Waals surface area (Å²) in [6.07, 6.45) is 5.07. The highest BCUT2D eigenvalue weighted by Gasteiger charge is 2.35. The van der Waals surface area contributed by atoms with E-state index in [4.69, 9.17) is 9.15 Å². The quantitative estimate of drug-likeness (QED) is 0.354. The van der Waals surface area contributed by atoms with Crippen molar-refractivity contribution in [3.63, 3.8) is 0 Å². The second-order valence-electron chi connectivity index (χ2n) is 11.4. The van der Waals surface area contributed by atoms with Crippen molar-refractivity contribution in [1.82, 2.24) is 20.2 Å². The fraction of sp³-hybridized carbons (Fsp3) is 0.375. The zero-order chi connectivity index (χ0) is 28.8. The van der Waals surface area contributed by atoms with E-state index in [1.165, 1.54) is 0 Å². The van der Waals surface area contributed by atoms with Gasteiger partial charge in [0.2, 0.25) is 0 Å². The van der Waals surface area contributed by atoms with Gasteiger partial charge in [0, 0.05) is 49.7 Å². The summed E-state index contributed by atoms with van der Waals surface area (Å²) in [4.78, 5) is 26.5. The number of nitriles is 1. The number of pyridine rings is 2. The Morgan fingerprint density at radius 3 is 2.69 bits per heavy atom. The smallest absolute Gasteiger partial charge is 0.253 e. The Hall–Kier alpha value is -4.49. The number of amides is 1. The summed E-state index contributed by atoms with van der Waals surface area (Å²) in [5.74, 6) is 1.24. The molecule has 4 aliphatic rings. The number of carbonyl (C=O) groups excluding carboxylic acids is 1. The van der Waals surface area contributed by atoms with Gasteiger partial charge in [-0.2, -0.15) is 5.26 Å². The summed E-state index contributed by atoms with van der Waals surface area (Å²) < 4.78 is 25.8. The van der Waals surface area contributed by atoms with E-state index in [1.807, 2.05) is 23.1 Å². The lowest BCUT2D eigenvalue weighted by Gasteiger charge is -2.44. The number of furan rings is 1. The van der Waals surface area contributed by atoms with Crippen LogP contribution in [0.3, 0.4) is 0 Å². The number of methoxy groups -OCH3 is 1. The number of nitrogens with one attached hydrogen (secondary N) is 1. The van der Waals surface area contributed by atoms with Crippen LogP contribution in [0.5, 0.6) is 5.75 Å². The van der Waals surface area contributed by atoms with Gasteiger partial charge in [-0.05, 0) is 68.1 Å². The number of hydrogen-bond donors (Lipinski definition) is 1. The van der Waals surface area contributed by atoms with Gasteiger partial charge in [0.25, 0.3) is 5.91 Å². The third kappa shape index (κ3) is 4.73. The molecule has 1 aromatic carbocycles. The predicted molar refractivity (Wildman–Crippen MR) is 156 cm³/mol. The third-order valence-electron chi connectivity index (χ3n) is 8.85. The molecule has 214 valence electrons. The molecule has 0 unspecified atom stereocenters. The van der Waals surface area contributed by atoms with Crippen LogP contribution in [0.1, 0.15) is 35.2 Å². The van der Waals surface area contributed by atoms with E-state index in [-0.39, 0.29) is 11.9 Å². The highest BCUT2D eigenvalue weighted by Crippen LogP contribution is 2.38. The number of anilines is 1. The Labute approximate surface area is 242 Å². The third-order valence-corrected chi connectivity index (χ3v) is 8.85. The van der Waals surface area contributed by atoms with Gasteiger partial charge in [-0.15, -0.1) is 0 Å². The average molecular weight is 567 g/mol. The molecule has 0 aliphatic carbocycles. The molecule has 4 aromatic rings. The molecule has 4 aliphatic heterocycles. The van der Waals surface area contributed by atoms with Crippen LogP contribution in [-0.2, 0) is 0 Å². The Bertz CT molecular complexity index is 1710. The summed E-state index contributed by atoms with van der Waals surface area (Å²) in [5.41, 5.74) is 4.84. The SMILES string of the molecule is COc1cc(C(=O)N[C@@H]2CN3CCC2CC3)cnc1-c1cc2nccc(-c3ccc(N4CC[C@H](F)C4)c(C#N)c3)c2o1. The van der Waals surface area contributed by atoms with E-state index in [0.29, 0.717) is 64.9 Å². The van der Waals surface area contributed by atoms with E-state index in [1.54, 1.807) is 37.7 Å². The van der Waals surface area contributed by atoms with Gasteiger partial charge in [-0.1, -0.05) is 6.07 Å². The number of rotatable bonds is 6. The highest BCUT2D eigenvalue weighted by atomic mass is 19.1. The van der Waals surface area contributed by atoms with Crippen molar-refractivity contribution in [1.29, 1.82) is 5.26 Å². The van der Waals surface area contributed by atoms with Crippen LogP contribution >= 0.6 is 0 Å². The monoisotopic (exact) mass is 566 g/mol. The van der Waals surface area contributed by atoms with Gasteiger partial charge in [0.1, 0.15) is 29.2 Å². The van der Waals surface area contributed by atoms with Gasteiger partial charge in [0.05, 0.1) is 23.9 Å². The maximum absolute atomic E-state index is 13.8. The Balaban J connectivity index is 1.18. The molecule has 4 fully saturated rings. The van der Waals surface area contributed by atoms with Crippen molar-refractivity contribution in [2.24, 2.45) is 5.92 Å². The minimum atomic E-state index is -0.878. The summed E-state index contributed by atoms with van der Waals surface area (Å²) in [5, 5.41) is 13.1. The van der Waals surface area contributed by atoms with E-state index in [9.17, 15) is 14.4 Å². The lowest BCUT2D eigenvalue weighted by Crippen LogP contribution is -2.57. The molecule has 0 saturated carbocycles. The Morgan fingerprint density at radius 2 is 1.98 bits per heavy atom.